The molecule has 0 atom stereocenters. The van der Waals surface area contributed by atoms with E-state index in [9.17, 15) is 14.4 Å². The van der Waals surface area contributed by atoms with E-state index >= 15 is 0 Å². The van der Waals surface area contributed by atoms with Crippen molar-refractivity contribution in [1.29, 1.82) is 0 Å². The van der Waals surface area contributed by atoms with Gasteiger partial charge >= 0.3 is 17.8 Å². The first-order valence-corrected chi connectivity index (χ1v) is 8.70. The number of amides is 4. The van der Waals surface area contributed by atoms with Crippen LogP contribution >= 0.6 is 0 Å². The lowest BCUT2D eigenvalue weighted by Gasteiger charge is -2.18. The lowest BCUT2D eigenvalue weighted by atomic mass is 10.2. The van der Waals surface area contributed by atoms with E-state index in [1.807, 2.05) is 19.9 Å². The molecule has 0 unspecified atom stereocenters. The summed E-state index contributed by atoms with van der Waals surface area (Å²) < 4.78 is 11.0. The number of carbonyl (C=O) groups is 3. The molecule has 0 N–H and O–H groups in total. The molecule has 0 aromatic heterocycles. The summed E-state index contributed by atoms with van der Waals surface area (Å²) in [6.07, 6.45) is 0. The summed E-state index contributed by atoms with van der Waals surface area (Å²) in [5.74, 6) is -0.820. The Morgan fingerprint density at radius 1 is 0.815 bits per heavy atom. The highest BCUT2D eigenvalue weighted by Crippen LogP contribution is 2.34. The van der Waals surface area contributed by atoms with E-state index in [-0.39, 0.29) is 12.2 Å². The normalized spacial score (nSPS) is 14.1. The fourth-order valence-corrected chi connectivity index (χ4v) is 2.82. The van der Waals surface area contributed by atoms with Crippen LogP contribution in [0.1, 0.15) is 19.4 Å². The van der Waals surface area contributed by atoms with E-state index in [1.165, 1.54) is 6.07 Å². The second-order valence-electron chi connectivity index (χ2n) is 5.80. The van der Waals surface area contributed by atoms with Crippen molar-refractivity contribution in [3.63, 3.8) is 0 Å². The zero-order valence-corrected chi connectivity index (χ0v) is 15.2. The lowest BCUT2D eigenvalue weighted by molar-refractivity contribution is -0.139. The molecule has 27 heavy (non-hydrogen) atoms. The molecule has 2 aromatic carbocycles. The van der Waals surface area contributed by atoms with Crippen molar-refractivity contribution < 1.29 is 23.9 Å². The third-order valence-corrected chi connectivity index (χ3v) is 4.02. The molecular formula is C20H20N2O5. The van der Waals surface area contributed by atoms with E-state index in [4.69, 9.17) is 9.47 Å². The smallest absolute Gasteiger partial charge is 0.339 e. The minimum Gasteiger partial charge on any atom is -0.490 e. The summed E-state index contributed by atoms with van der Waals surface area (Å²) in [6, 6.07) is 13.1. The first-order valence-electron chi connectivity index (χ1n) is 8.70. The molecule has 1 aliphatic rings. The van der Waals surface area contributed by atoms with Crippen molar-refractivity contribution in [3.8, 4) is 11.5 Å². The van der Waals surface area contributed by atoms with Crippen molar-refractivity contribution in [2.24, 2.45) is 0 Å². The first kappa shape index (κ1) is 18.4. The number of rotatable bonds is 7. The number of hydrogen-bond acceptors (Lipinski definition) is 5. The van der Waals surface area contributed by atoms with Crippen molar-refractivity contribution in [3.05, 3.63) is 54.1 Å². The number of hydrogen-bond donors (Lipinski definition) is 0. The molecule has 7 nitrogen and oxygen atoms in total. The van der Waals surface area contributed by atoms with Gasteiger partial charge < -0.3 is 9.47 Å². The van der Waals surface area contributed by atoms with Gasteiger partial charge in [0.25, 0.3) is 0 Å². The van der Waals surface area contributed by atoms with Gasteiger partial charge in [-0.25, -0.2) is 9.69 Å². The zero-order chi connectivity index (χ0) is 19.4. The number of benzene rings is 2. The van der Waals surface area contributed by atoms with Gasteiger partial charge in [-0.3, -0.25) is 14.5 Å². The minimum absolute atomic E-state index is 0.0378. The van der Waals surface area contributed by atoms with Crippen LogP contribution in [0, 0.1) is 0 Å². The standard InChI is InChI=1S/C20H20N2O5/c1-3-26-16-11-10-15(12-17(16)27-4-2)22-19(24)18(23)21(20(22)25)13-14-8-6-5-7-9-14/h5-12H,3-4,13H2,1-2H3. The summed E-state index contributed by atoms with van der Waals surface area (Å²) >= 11 is 0. The number of carbonyl (C=O) groups excluding carboxylic acids is 3. The maximum atomic E-state index is 12.7. The Bertz CT molecular complexity index is 866. The Morgan fingerprint density at radius 3 is 2.15 bits per heavy atom. The zero-order valence-electron chi connectivity index (χ0n) is 15.2. The molecule has 0 radical (unpaired) electrons. The van der Waals surface area contributed by atoms with E-state index in [2.05, 4.69) is 0 Å². The molecule has 140 valence electrons. The number of urea groups is 1. The average Bonchev–Trinajstić information content (AvgIpc) is 2.88. The van der Waals surface area contributed by atoms with Gasteiger partial charge in [-0.2, -0.15) is 0 Å². The van der Waals surface area contributed by atoms with E-state index in [1.54, 1.807) is 36.4 Å². The number of imide groups is 2. The van der Waals surface area contributed by atoms with Crippen LogP contribution < -0.4 is 14.4 Å². The minimum atomic E-state index is -0.887. The summed E-state index contributed by atoms with van der Waals surface area (Å²) in [5, 5.41) is 0. The number of ether oxygens (including phenoxy) is 2. The van der Waals surface area contributed by atoms with Crippen LogP contribution in [0.2, 0.25) is 0 Å². The van der Waals surface area contributed by atoms with Gasteiger partial charge in [0.1, 0.15) is 0 Å². The lowest BCUT2D eigenvalue weighted by Crippen LogP contribution is -2.33. The highest BCUT2D eigenvalue weighted by molar-refractivity contribution is 6.52. The van der Waals surface area contributed by atoms with Gasteiger partial charge in [0.15, 0.2) is 11.5 Å². The van der Waals surface area contributed by atoms with Gasteiger partial charge in [0.05, 0.1) is 25.4 Å². The summed E-state index contributed by atoms with van der Waals surface area (Å²) in [6.45, 7) is 4.54. The van der Waals surface area contributed by atoms with Crippen LogP contribution in [-0.4, -0.2) is 36.0 Å². The van der Waals surface area contributed by atoms with Gasteiger partial charge in [0.2, 0.25) is 0 Å². The molecule has 1 heterocycles. The fraction of sp³-hybridized carbons (Fsp3) is 0.250. The molecular weight excluding hydrogens is 348 g/mol. The van der Waals surface area contributed by atoms with Crippen LogP contribution in [0.15, 0.2) is 48.5 Å². The van der Waals surface area contributed by atoms with E-state index in [0.29, 0.717) is 24.7 Å². The maximum absolute atomic E-state index is 12.7. The number of anilines is 1. The predicted octanol–water partition coefficient (Wildman–Crippen LogP) is 2.98. The highest BCUT2D eigenvalue weighted by atomic mass is 16.5. The fourth-order valence-electron chi connectivity index (χ4n) is 2.82. The van der Waals surface area contributed by atoms with Crippen LogP contribution in [0.3, 0.4) is 0 Å². The molecule has 3 rings (SSSR count). The topological polar surface area (TPSA) is 76.2 Å². The van der Waals surface area contributed by atoms with E-state index in [0.717, 1.165) is 15.4 Å². The van der Waals surface area contributed by atoms with Crippen molar-refractivity contribution >= 4 is 23.5 Å². The maximum Gasteiger partial charge on any atom is 0.339 e. The van der Waals surface area contributed by atoms with Crippen LogP contribution in [0.4, 0.5) is 10.5 Å². The summed E-state index contributed by atoms with van der Waals surface area (Å²) in [7, 11) is 0. The highest BCUT2D eigenvalue weighted by Gasteiger charge is 2.45. The molecule has 1 fully saturated rings. The third-order valence-electron chi connectivity index (χ3n) is 4.02. The quantitative estimate of drug-likeness (QED) is 0.555. The molecule has 0 bridgehead atoms. The van der Waals surface area contributed by atoms with Gasteiger partial charge in [-0.1, -0.05) is 30.3 Å². The largest absolute Gasteiger partial charge is 0.490 e. The summed E-state index contributed by atoms with van der Waals surface area (Å²) in [4.78, 5) is 39.3. The Hall–Kier alpha value is -3.35. The predicted molar refractivity (Wildman–Crippen MR) is 98.7 cm³/mol. The SMILES string of the molecule is CCOc1ccc(N2C(=O)C(=O)N(Cc3ccccc3)C2=O)cc1OCC. The Morgan fingerprint density at radius 2 is 1.48 bits per heavy atom. The Labute approximate surface area is 157 Å². The Balaban J connectivity index is 1.90. The molecule has 0 saturated carbocycles. The molecule has 0 aliphatic carbocycles. The van der Waals surface area contributed by atoms with Crippen LogP contribution in [-0.2, 0) is 16.1 Å². The second kappa shape index (κ2) is 7.90. The molecule has 0 spiro atoms. The second-order valence-corrected chi connectivity index (χ2v) is 5.80. The monoisotopic (exact) mass is 368 g/mol. The van der Waals surface area contributed by atoms with Gasteiger partial charge in [-0.05, 0) is 31.5 Å². The van der Waals surface area contributed by atoms with Gasteiger partial charge in [-0.15, -0.1) is 0 Å². The third kappa shape index (κ3) is 3.62. The van der Waals surface area contributed by atoms with E-state index < -0.39 is 17.8 Å². The molecule has 1 saturated heterocycles. The molecule has 4 amide bonds. The van der Waals surface area contributed by atoms with Gasteiger partial charge in [0, 0.05) is 6.07 Å². The molecule has 2 aromatic rings. The van der Waals surface area contributed by atoms with Crippen molar-refractivity contribution in [1.82, 2.24) is 4.90 Å². The van der Waals surface area contributed by atoms with Crippen LogP contribution in [0.5, 0.6) is 11.5 Å². The summed E-state index contributed by atoms with van der Waals surface area (Å²) in [5.41, 5.74) is 1.02. The molecule has 1 aliphatic heterocycles. The van der Waals surface area contributed by atoms with Crippen LogP contribution in [0.25, 0.3) is 0 Å². The molecule has 7 heteroatoms. The average molecular weight is 368 g/mol. The number of nitrogens with zero attached hydrogens (tertiary/aromatic N) is 2. The Kier molecular flexibility index (Phi) is 5.40. The van der Waals surface area contributed by atoms with Crippen molar-refractivity contribution in [2.75, 3.05) is 18.1 Å². The first-order chi connectivity index (χ1) is 13.1. The van der Waals surface area contributed by atoms with Crippen molar-refractivity contribution in [2.45, 2.75) is 20.4 Å².